The van der Waals surface area contributed by atoms with Crippen LogP contribution in [0.1, 0.15) is 37.0 Å². The van der Waals surface area contributed by atoms with Crippen molar-refractivity contribution in [2.24, 2.45) is 0 Å². The zero-order valence-corrected chi connectivity index (χ0v) is 24.1. The number of hydrogen-bond donors (Lipinski definition) is 0. The Labute approximate surface area is 315 Å². The topological polar surface area (TPSA) is 0 Å². The Morgan fingerprint density at radius 2 is 0.604 bits per heavy atom. The van der Waals surface area contributed by atoms with Crippen LogP contribution in [0.5, 0.6) is 0 Å². The molecule has 0 bridgehead atoms. The molecule has 0 aliphatic rings. The van der Waals surface area contributed by atoms with Crippen LogP contribution in [0.4, 0.5) is 0 Å². The van der Waals surface area contributed by atoms with Gasteiger partial charge in [0.2, 0.25) is 0 Å². The highest BCUT2D eigenvalue weighted by atomic mass is 14.2. The average Bonchev–Trinajstić information content (AvgIpc) is 3.41. The molecule has 0 aromatic heterocycles. The SMILES string of the molecule is [2H]c1cc2c([2H])c([2H])c3c([2H])c([2H])c([2H])c4c([2H])c([2H])c(c1-c1c([2H])c([2H])c([2H])c([2H])c1-c1c([2H])c([2H])c(-c5c([2H])c([2H])c6c([2H])c([2H])c7c([2H])c([2H])c([2H])c8c([2H])c([2H])c5c6c78)c5c([2H])c([2H])c([2H])c([2H])c15)c2c34. The van der Waals surface area contributed by atoms with Crippen molar-refractivity contribution >= 4 is 75.4 Å². The highest BCUT2D eigenvalue weighted by Crippen LogP contribution is 2.46. The van der Waals surface area contributed by atoms with E-state index in [9.17, 15) is 17.8 Å². The fraction of sp³-hybridized carbons (Fsp3) is 0. The van der Waals surface area contributed by atoms with Crippen LogP contribution >= 0.6 is 0 Å². The van der Waals surface area contributed by atoms with Gasteiger partial charge in [-0.3, -0.25) is 0 Å². The molecule has 0 spiro atoms. The summed E-state index contributed by atoms with van der Waals surface area (Å²) in [5.41, 5.74) is -4.26. The molecule has 220 valence electrons. The minimum atomic E-state index is -1.07. The standard InChI is InChI=1S/C48H28/c1-2-12-36-35(11-1)39(27-28-40(36)42-24-20-34-18-16-30-8-6-10-32-22-26-44(42)48(34)46(30)32)37-13-3-4-14-38(37)41-23-19-33-17-15-29-7-5-9-31-21-25-43(41)47(33)45(29)31/h1-28H/i1D,2D,3D,4D,5D,6D,7D,8D,9D,10D,11D,12D,13D,14D,15D,16D,17D,18D,20D,21D,22D,23D,24D,25D,26D,27D,28D. The summed E-state index contributed by atoms with van der Waals surface area (Å²) < 4.78 is 247. The van der Waals surface area contributed by atoms with Crippen LogP contribution in [0, 0.1) is 0 Å². The summed E-state index contributed by atoms with van der Waals surface area (Å²) in [6.45, 7) is 0. The monoisotopic (exact) mass is 631 g/mol. The summed E-state index contributed by atoms with van der Waals surface area (Å²) in [7, 11) is 0. The Balaban J connectivity index is 1.40. The number of rotatable bonds is 3. The molecule has 0 atom stereocenters. The van der Waals surface area contributed by atoms with Gasteiger partial charge in [-0.1, -0.05) is 169 Å². The first-order valence-corrected chi connectivity index (χ1v) is 14.6. The third-order valence-corrected chi connectivity index (χ3v) is 8.64. The maximum absolute atomic E-state index is 9.88. The lowest BCUT2D eigenvalue weighted by Crippen LogP contribution is -1.92. The zero-order chi connectivity index (χ0) is 54.8. The lowest BCUT2D eigenvalue weighted by Gasteiger charge is -2.19. The van der Waals surface area contributed by atoms with Gasteiger partial charge in [-0.05, 0) is 109 Å². The Morgan fingerprint density at radius 3 is 1.19 bits per heavy atom. The maximum atomic E-state index is 9.88. The Hall–Kier alpha value is -6.24. The fourth-order valence-electron chi connectivity index (χ4n) is 6.58. The first-order valence-electron chi connectivity index (χ1n) is 28.1. The molecular weight excluding hydrogens is 577 g/mol. The molecule has 48 heavy (non-hydrogen) atoms. The van der Waals surface area contributed by atoms with E-state index < -0.39 is 234 Å². The Kier molecular flexibility index (Phi) is 2.25. The van der Waals surface area contributed by atoms with Crippen molar-refractivity contribution in [3.8, 4) is 33.4 Å². The summed E-state index contributed by atoms with van der Waals surface area (Å²) in [4.78, 5) is 0. The van der Waals surface area contributed by atoms with E-state index in [2.05, 4.69) is 0 Å². The van der Waals surface area contributed by atoms with Gasteiger partial charge >= 0.3 is 0 Å². The van der Waals surface area contributed by atoms with E-state index in [1.807, 2.05) is 0 Å². The van der Waals surface area contributed by atoms with Crippen LogP contribution in [0.2, 0.25) is 0 Å². The summed E-state index contributed by atoms with van der Waals surface area (Å²) >= 11 is 0. The maximum Gasteiger partial charge on any atom is 0.0630 e. The molecule has 0 N–H and O–H groups in total. The van der Waals surface area contributed by atoms with Crippen LogP contribution in [-0.2, 0) is 0 Å². The lowest BCUT2D eigenvalue weighted by atomic mass is 9.84. The Morgan fingerprint density at radius 1 is 0.229 bits per heavy atom. The molecule has 0 unspecified atom stereocenters. The van der Waals surface area contributed by atoms with Gasteiger partial charge in [-0.25, -0.2) is 0 Å². The Bertz CT molecular complexity index is 4550. The fourth-order valence-corrected chi connectivity index (χ4v) is 6.58. The van der Waals surface area contributed by atoms with Gasteiger partial charge in [0.25, 0.3) is 0 Å². The third-order valence-electron chi connectivity index (χ3n) is 8.64. The molecule has 0 radical (unpaired) electrons. The normalized spacial score (nSPS) is 20.0. The number of fused-ring (bicyclic) bond motifs is 1. The van der Waals surface area contributed by atoms with Crippen LogP contribution in [-0.4, -0.2) is 0 Å². The van der Waals surface area contributed by atoms with E-state index in [1.165, 1.54) is 0 Å². The van der Waals surface area contributed by atoms with E-state index in [0.717, 1.165) is 6.07 Å². The molecule has 0 fully saturated rings. The first kappa shape index (κ1) is 11.2. The van der Waals surface area contributed by atoms with Crippen molar-refractivity contribution < 1.29 is 37.0 Å². The molecule has 0 amide bonds. The zero-order valence-electron chi connectivity index (χ0n) is 51.1. The van der Waals surface area contributed by atoms with Crippen molar-refractivity contribution in [2.45, 2.75) is 0 Å². The van der Waals surface area contributed by atoms with Gasteiger partial charge in [0.15, 0.2) is 0 Å². The van der Waals surface area contributed by atoms with E-state index in [0.29, 0.717) is 0 Å². The molecule has 0 heterocycles. The summed E-state index contributed by atoms with van der Waals surface area (Å²) in [6.07, 6.45) is 0. The molecule has 0 heteroatoms. The summed E-state index contributed by atoms with van der Waals surface area (Å²) in [5.74, 6) is 0. The highest BCUT2D eigenvalue weighted by Gasteiger charge is 2.18. The van der Waals surface area contributed by atoms with Crippen molar-refractivity contribution in [1.29, 1.82) is 0 Å². The van der Waals surface area contributed by atoms with Gasteiger partial charge in [-0.15, -0.1) is 0 Å². The van der Waals surface area contributed by atoms with Crippen molar-refractivity contribution in [1.82, 2.24) is 0 Å². The van der Waals surface area contributed by atoms with Gasteiger partial charge in [0, 0.05) is 0 Å². The largest absolute Gasteiger partial charge is 0.0630 e. The minimum Gasteiger partial charge on any atom is -0.0616 e. The van der Waals surface area contributed by atoms with Crippen LogP contribution in [0.25, 0.3) is 109 Å². The minimum absolute atomic E-state index is 0.201. The predicted molar refractivity (Wildman–Crippen MR) is 208 cm³/mol. The number of benzene rings is 11. The smallest absolute Gasteiger partial charge is 0.0616 e. The van der Waals surface area contributed by atoms with Gasteiger partial charge < -0.3 is 0 Å². The highest BCUT2D eigenvalue weighted by molar-refractivity contribution is 6.27. The van der Waals surface area contributed by atoms with Crippen LogP contribution < -0.4 is 0 Å². The molecule has 11 rings (SSSR count). The van der Waals surface area contributed by atoms with E-state index in [4.69, 9.17) is 19.2 Å². The second kappa shape index (κ2) is 9.64. The lowest BCUT2D eigenvalue weighted by molar-refractivity contribution is 1.62. The molecule has 0 aliphatic carbocycles. The van der Waals surface area contributed by atoms with Gasteiger partial charge in [-0.2, -0.15) is 0 Å². The van der Waals surface area contributed by atoms with Crippen molar-refractivity contribution in [2.75, 3.05) is 0 Å². The second-order valence-corrected chi connectivity index (χ2v) is 11.1. The van der Waals surface area contributed by atoms with Crippen molar-refractivity contribution in [3.63, 3.8) is 0 Å². The molecule has 11 aromatic rings. The van der Waals surface area contributed by atoms with Crippen LogP contribution in [0.15, 0.2) is 169 Å². The number of hydrogen-bond acceptors (Lipinski definition) is 0. The molecule has 0 aliphatic heterocycles. The van der Waals surface area contributed by atoms with E-state index in [1.54, 1.807) is 0 Å². The van der Waals surface area contributed by atoms with Crippen molar-refractivity contribution in [3.05, 3.63) is 169 Å². The predicted octanol–water partition coefficient (Wildman–Crippen LogP) is 13.6. The molecule has 0 nitrogen and oxygen atoms in total. The van der Waals surface area contributed by atoms with Crippen LogP contribution in [0.3, 0.4) is 0 Å². The molecule has 11 aromatic carbocycles. The molecule has 0 saturated carbocycles. The third kappa shape index (κ3) is 3.49. The van der Waals surface area contributed by atoms with Gasteiger partial charge in [0.05, 0.1) is 37.0 Å². The van der Waals surface area contributed by atoms with E-state index >= 15 is 0 Å². The molecular formula is C48H28. The average molecular weight is 632 g/mol. The van der Waals surface area contributed by atoms with E-state index in [-0.39, 0.29) is 37.7 Å². The second-order valence-electron chi connectivity index (χ2n) is 11.1. The first-order chi connectivity index (χ1) is 35.1. The molecule has 0 saturated heterocycles. The summed E-state index contributed by atoms with van der Waals surface area (Å²) in [5, 5.41) is -5.70. The summed E-state index contributed by atoms with van der Waals surface area (Å²) in [6, 6.07) is -21.4. The van der Waals surface area contributed by atoms with Gasteiger partial charge in [0.1, 0.15) is 0 Å². The quantitative estimate of drug-likeness (QED) is 0.170.